The van der Waals surface area contributed by atoms with E-state index in [1.165, 1.54) is 0 Å². The summed E-state index contributed by atoms with van der Waals surface area (Å²) in [6, 6.07) is 11.4. The van der Waals surface area contributed by atoms with Crippen LogP contribution in [0.3, 0.4) is 0 Å². The molecule has 0 unspecified atom stereocenters. The van der Waals surface area contributed by atoms with Gasteiger partial charge in [-0.15, -0.1) is 0 Å². The summed E-state index contributed by atoms with van der Waals surface area (Å²) in [5.74, 6) is 0. The standard InChI is InChI=1S/C16H19O2P/c1-11-5-7-13(3)15(9-11)19(17,18)16-10-12(2)6-8-14(16)4/h5-10H,1-4H3,(H,17,18). The second kappa shape index (κ2) is 4.96. The minimum absolute atomic E-state index is 0.543. The van der Waals surface area contributed by atoms with Gasteiger partial charge in [0.2, 0.25) is 0 Å². The molecule has 2 rings (SSSR count). The Kier molecular flexibility index (Phi) is 3.66. The summed E-state index contributed by atoms with van der Waals surface area (Å²) < 4.78 is 12.9. The van der Waals surface area contributed by atoms with Crippen LogP contribution in [-0.2, 0) is 4.57 Å². The van der Waals surface area contributed by atoms with Gasteiger partial charge in [0.05, 0.1) is 0 Å². The maximum Gasteiger partial charge on any atom is 0.259 e. The van der Waals surface area contributed by atoms with Gasteiger partial charge in [-0.3, -0.25) is 4.57 Å². The van der Waals surface area contributed by atoms with Crippen molar-refractivity contribution in [3.63, 3.8) is 0 Å². The number of benzene rings is 2. The average molecular weight is 274 g/mol. The van der Waals surface area contributed by atoms with Crippen molar-refractivity contribution in [2.75, 3.05) is 0 Å². The third-order valence-corrected chi connectivity index (χ3v) is 5.65. The van der Waals surface area contributed by atoms with E-state index in [2.05, 4.69) is 0 Å². The van der Waals surface area contributed by atoms with E-state index >= 15 is 0 Å². The Morgan fingerprint density at radius 1 is 0.789 bits per heavy atom. The number of rotatable bonds is 2. The van der Waals surface area contributed by atoms with Gasteiger partial charge in [0.25, 0.3) is 7.37 Å². The Hall–Kier alpha value is -1.37. The highest BCUT2D eigenvalue weighted by Gasteiger charge is 2.27. The molecule has 1 N–H and O–H groups in total. The van der Waals surface area contributed by atoms with Gasteiger partial charge in [0, 0.05) is 10.6 Å². The molecule has 0 atom stereocenters. The normalized spacial score (nSPS) is 11.6. The molecule has 0 fully saturated rings. The van der Waals surface area contributed by atoms with Crippen LogP contribution in [0, 0.1) is 27.7 Å². The van der Waals surface area contributed by atoms with E-state index in [9.17, 15) is 9.46 Å². The molecule has 2 nitrogen and oxygen atoms in total. The first-order valence-corrected chi connectivity index (χ1v) is 7.97. The highest BCUT2D eigenvalue weighted by Crippen LogP contribution is 2.40. The molecule has 2 aromatic carbocycles. The molecule has 19 heavy (non-hydrogen) atoms. The van der Waals surface area contributed by atoms with Crippen molar-refractivity contribution in [2.24, 2.45) is 0 Å². The van der Waals surface area contributed by atoms with Crippen LogP contribution in [0.5, 0.6) is 0 Å². The summed E-state index contributed by atoms with van der Waals surface area (Å²) in [6.45, 7) is 7.63. The minimum Gasteiger partial charge on any atom is -0.338 e. The zero-order valence-corrected chi connectivity index (χ0v) is 12.7. The Labute approximate surface area is 114 Å². The highest BCUT2D eigenvalue weighted by molar-refractivity contribution is 7.73. The first-order valence-electron chi connectivity index (χ1n) is 6.31. The molecule has 0 saturated carbocycles. The molecule has 0 bridgehead atoms. The Morgan fingerprint density at radius 2 is 1.16 bits per heavy atom. The molecule has 0 saturated heterocycles. The van der Waals surface area contributed by atoms with Gasteiger partial charge in [-0.25, -0.2) is 0 Å². The van der Waals surface area contributed by atoms with Gasteiger partial charge in [-0.05, 0) is 51.0 Å². The molecule has 3 heteroatoms. The van der Waals surface area contributed by atoms with E-state index in [0.29, 0.717) is 10.6 Å². The summed E-state index contributed by atoms with van der Waals surface area (Å²) in [5.41, 5.74) is 3.72. The molecular formula is C16H19O2P. The molecule has 0 radical (unpaired) electrons. The number of aryl methyl sites for hydroxylation is 4. The molecule has 0 spiro atoms. The van der Waals surface area contributed by atoms with Gasteiger partial charge >= 0.3 is 0 Å². The molecule has 0 aliphatic rings. The fourth-order valence-electron chi connectivity index (χ4n) is 2.22. The third-order valence-electron chi connectivity index (χ3n) is 3.38. The average Bonchev–Trinajstić information content (AvgIpc) is 2.35. The monoisotopic (exact) mass is 274 g/mol. The van der Waals surface area contributed by atoms with Crippen molar-refractivity contribution in [2.45, 2.75) is 27.7 Å². The van der Waals surface area contributed by atoms with Gasteiger partial charge in [-0.2, -0.15) is 0 Å². The predicted molar refractivity (Wildman–Crippen MR) is 80.9 cm³/mol. The lowest BCUT2D eigenvalue weighted by Gasteiger charge is -2.18. The predicted octanol–water partition coefficient (Wildman–Crippen LogP) is 3.14. The summed E-state index contributed by atoms with van der Waals surface area (Å²) in [4.78, 5) is 10.6. The quantitative estimate of drug-likeness (QED) is 0.854. The molecule has 0 aliphatic heterocycles. The van der Waals surface area contributed by atoms with Crippen LogP contribution >= 0.6 is 7.37 Å². The smallest absolute Gasteiger partial charge is 0.259 e. The summed E-state index contributed by atoms with van der Waals surface area (Å²) in [5, 5.41) is 1.09. The van der Waals surface area contributed by atoms with Crippen LogP contribution in [0.4, 0.5) is 0 Å². The topological polar surface area (TPSA) is 37.3 Å². The molecule has 100 valence electrons. The van der Waals surface area contributed by atoms with E-state index in [-0.39, 0.29) is 0 Å². The first-order chi connectivity index (χ1) is 8.82. The molecule has 0 amide bonds. The van der Waals surface area contributed by atoms with Crippen molar-refractivity contribution < 1.29 is 9.46 Å². The first kappa shape index (κ1) is 14.0. The second-order valence-corrected chi connectivity index (χ2v) is 7.27. The largest absolute Gasteiger partial charge is 0.338 e. The zero-order valence-electron chi connectivity index (χ0n) is 11.8. The highest BCUT2D eigenvalue weighted by atomic mass is 31.2. The van der Waals surface area contributed by atoms with Crippen molar-refractivity contribution >= 4 is 18.0 Å². The lowest BCUT2D eigenvalue weighted by Crippen LogP contribution is -2.20. The van der Waals surface area contributed by atoms with Crippen LogP contribution < -0.4 is 10.6 Å². The lowest BCUT2D eigenvalue weighted by atomic mass is 10.2. The molecule has 0 aromatic heterocycles. The maximum absolute atomic E-state index is 12.9. The van der Waals surface area contributed by atoms with Crippen LogP contribution in [-0.4, -0.2) is 4.89 Å². The van der Waals surface area contributed by atoms with Crippen LogP contribution in [0.15, 0.2) is 36.4 Å². The molecule has 0 aliphatic carbocycles. The van der Waals surface area contributed by atoms with Gasteiger partial charge in [0.1, 0.15) is 0 Å². The van der Waals surface area contributed by atoms with E-state index in [1.807, 2.05) is 64.1 Å². The van der Waals surface area contributed by atoms with E-state index < -0.39 is 7.37 Å². The fourth-order valence-corrected chi connectivity index (χ4v) is 4.34. The van der Waals surface area contributed by atoms with Gasteiger partial charge in [-0.1, -0.05) is 35.4 Å². The van der Waals surface area contributed by atoms with Crippen LogP contribution in [0.25, 0.3) is 0 Å². The van der Waals surface area contributed by atoms with Crippen molar-refractivity contribution in [3.8, 4) is 0 Å². The van der Waals surface area contributed by atoms with Gasteiger partial charge < -0.3 is 4.89 Å². The van der Waals surface area contributed by atoms with Gasteiger partial charge in [0.15, 0.2) is 0 Å². The SMILES string of the molecule is Cc1ccc(C)c(P(=O)(O)c2cc(C)ccc2C)c1. The number of hydrogen-bond acceptors (Lipinski definition) is 1. The van der Waals surface area contributed by atoms with Crippen molar-refractivity contribution in [3.05, 3.63) is 58.7 Å². The van der Waals surface area contributed by atoms with E-state index in [4.69, 9.17) is 0 Å². The number of hydrogen-bond donors (Lipinski definition) is 1. The zero-order chi connectivity index (χ0) is 14.2. The molecule has 2 aromatic rings. The van der Waals surface area contributed by atoms with Crippen LogP contribution in [0.1, 0.15) is 22.3 Å². The summed E-state index contributed by atoms with van der Waals surface area (Å²) in [7, 11) is -3.53. The molecular weight excluding hydrogens is 255 g/mol. The summed E-state index contributed by atoms with van der Waals surface area (Å²) >= 11 is 0. The Morgan fingerprint density at radius 3 is 1.53 bits per heavy atom. The van der Waals surface area contributed by atoms with E-state index in [0.717, 1.165) is 22.3 Å². The Bertz CT molecular complexity index is 619. The lowest BCUT2D eigenvalue weighted by molar-refractivity contribution is 0.500. The third kappa shape index (κ3) is 2.65. The Balaban J connectivity index is 2.68. The van der Waals surface area contributed by atoms with Crippen LogP contribution in [0.2, 0.25) is 0 Å². The van der Waals surface area contributed by atoms with Crippen molar-refractivity contribution in [1.29, 1.82) is 0 Å². The molecule has 0 heterocycles. The maximum atomic E-state index is 12.9. The fraction of sp³-hybridized carbons (Fsp3) is 0.250. The van der Waals surface area contributed by atoms with Crippen molar-refractivity contribution in [1.82, 2.24) is 0 Å². The second-order valence-electron chi connectivity index (χ2n) is 5.16. The minimum atomic E-state index is -3.53. The summed E-state index contributed by atoms with van der Waals surface area (Å²) in [6.07, 6.45) is 0. The van der Waals surface area contributed by atoms with E-state index in [1.54, 1.807) is 0 Å².